The number of carbonyl (C=O) groups is 2. The van der Waals surface area contributed by atoms with Crippen molar-refractivity contribution in [2.24, 2.45) is 0 Å². The molecule has 1 atom stereocenters. The Kier molecular flexibility index (Phi) is 5.02. The van der Waals surface area contributed by atoms with Gasteiger partial charge in [0.05, 0.1) is 17.5 Å². The summed E-state index contributed by atoms with van der Waals surface area (Å²) in [5.41, 5.74) is 0.777. The van der Waals surface area contributed by atoms with Crippen molar-refractivity contribution < 1.29 is 14.3 Å². The van der Waals surface area contributed by atoms with Gasteiger partial charge in [0.2, 0.25) is 0 Å². The molecule has 0 fully saturated rings. The van der Waals surface area contributed by atoms with Crippen molar-refractivity contribution in [3.8, 4) is 0 Å². The van der Waals surface area contributed by atoms with Crippen molar-refractivity contribution >= 4 is 36.0 Å². The number of halogens is 1. The van der Waals surface area contributed by atoms with E-state index in [-0.39, 0.29) is 5.78 Å². The van der Waals surface area contributed by atoms with Crippen molar-refractivity contribution in [2.45, 2.75) is 24.1 Å². The Hall–Kier alpha value is -1.00. The van der Waals surface area contributed by atoms with E-state index in [0.717, 1.165) is 0 Å². The van der Waals surface area contributed by atoms with Crippen LogP contribution in [0.1, 0.15) is 34.6 Å². The van der Waals surface area contributed by atoms with E-state index in [1.807, 2.05) is 0 Å². The highest BCUT2D eigenvalue weighted by Crippen LogP contribution is 2.19. The molecule has 17 heavy (non-hydrogen) atoms. The lowest BCUT2D eigenvalue weighted by atomic mass is 10.1. The molecule has 0 aliphatic carbocycles. The number of ketones is 1. The highest BCUT2D eigenvalue weighted by Gasteiger charge is 2.17. The Morgan fingerprint density at radius 1 is 1.47 bits per heavy atom. The van der Waals surface area contributed by atoms with Crippen LogP contribution in [0, 0.1) is 0 Å². The van der Waals surface area contributed by atoms with Crippen LogP contribution >= 0.6 is 24.2 Å². The van der Waals surface area contributed by atoms with Crippen molar-refractivity contribution in [1.29, 1.82) is 0 Å². The SMILES string of the molecule is CCOC(=O)c1ccc(C(=O)C(C)Cl)c(S)c1. The van der Waals surface area contributed by atoms with E-state index in [9.17, 15) is 9.59 Å². The average molecular weight is 273 g/mol. The number of thiol groups is 1. The lowest BCUT2D eigenvalue weighted by Gasteiger charge is -2.08. The van der Waals surface area contributed by atoms with Gasteiger partial charge in [-0.3, -0.25) is 4.79 Å². The number of alkyl halides is 1. The van der Waals surface area contributed by atoms with E-state index in [1.54, 1.807) is 13.8 Å². The molecule has 5 heteroatoms. The molecule has 0 heterocycles. The number of carbonyl (C=O) groups excluding carboxylic acids is 2. The molecule has 0 radical (unpaired) electrons. The second kappa shape index (κ2) is 6.07. The van der Waals surface area contributed by atoms with E-state index in [4.69, 9.17) is 16.3 Å². The minimum absolute atomic E-state index is 0.216. The molecule has 0 saturated heterocycles. The van der Waals surface area contributed by atoms with Gasteiger partial charge < -0.3 is 4.74 Å². The molecule has 1 aromatic carbocycles. The summed E-state index contributed by atoms with van der Waals surface area (Å²) < 4.78 is 4.85. The summed E-state index contributed by atoms with van der Waals surface area (Å²) in [6.45, 7) is 3.63. The Morgan fingerprint density at radius 3 is 2.59 bits per heavy atom. The first kappa shape index (κ1) is 14.1. The van der Waals surface area contributed by atoms with Crippen LogP contribution < -0.4 is 0 Å². The smallest absolute Gasteiger partial charge is 0.338 e. The zero-order valence-corrected chi connectivity index (χ0v) is 11.2. The summed E-state index contributed by atoms with van der Waals surface area (Å²) in [7, 11) is 0. The van der Waals surface area contributed by atoms with Crippen molar-refractivity contribution in [1.82, 2.24) is 0 Å². The second-order valence-corrected chi connectivity index (χ2v) is 4.57. The maximum Gasteiger partial charge on any atom is 0.338 e. The molecule has 0 N–H and O–H groups in total. The zero-order chi connectivity index (χ0) is 13.0. The second-order valence-electron chi connectivity index (χ2n) is 3.43. The Balaban J connectivity index is 3.02. The molecule has 0 spiro atoms. The summed E-state index contributed by atoms with van der Waals surface area (Å²) in [6.07, 6.45) is 0. The van der Waals surface area contributed by atoms with Crippen LogP contribution in [0.2, 0.25) is 0 Å². The molecule has 1 unspecified atom stereocenters. The predicted molar refractivity (Wildman–Crippen MR) is 69.3 cm³/mol. The van der Waals surface area contributed by atoms with E-state index in [2.05, 4.69) is 12.6 Å². The van der Waals surface area contributed by atoms with Crippen LogP contribution in [0.5, 0.6) is 0 Å². The molecular weight excluding hydrogens is 260 g/mol. The molecule has 3 nitrogen and oxygen atoms in total. The minimum atomic E-state index is -0.616. The molecule has 0 aliphatic heterocycles. The van der Waals surface area contributed by atoms with Gasteiger partial charge in [-0.1, -0.05) is 0 Å². The summed E-state index contributed by atoms with van der Waals surface area (Å²) in [4.78, 5) is 23.5. The molecule has 0 amide bonds. The molecule has 92 valence electrons. The van der Waals surface area contributed by atoms with Gasteiger partial charge in [0.25, 0.3) is 0 Å². The zero-order valence-electron chi connectivity index (χ0n) is 9.57. The summed E-state index contributed by atoms with van der Waals surface area (Å²) in [6, 6.07) is 4.58. The van der Waals surface area contributed by atoms with Crippen molar-refractivity contribution in [3.05, 3.63) is 29.3 Å². The minimum Gasteiger partial charge on any atom is -0.462 e. The molecule has 0 aromatic heterocycles. The fourth-order valence-corrected chi connectivity index (χ4v) is 1.74. The third-order valence-corrected chi connectivity index (χ3v) is 2.70. The van der Waals surface area contributed by atoms with E-state index < -0.39 is 11.3 Å². The molecule has 0 aliphatic rings. The van der Waals surface area contributed by atoms with Crippen LogP contribution in [0.25, 0.3) is 0 Å². The van der Waals surface area contributed by atoms with Crippen molar-refractivity contribution in [3.63, 3.8) is 0 Å². The summed E-state index contributed by atoms with van der Waals surface area (Å²) >= 11 is 9.89. The van der Waals surface area contributed by atoms with Crippen LogP contribution in [0.15, 0.2) is 23.1 Å². The third kappa shape index (κ3) is 3.48. The number of ether oxygens (including phenoxy) is 1. The fraction of sp³-hybridized carbons (Fsp3) is 0.333. The topological polar surface area (TPSA) is 43.4 Å². The molecular formula is C12H13ClO3S. The maximum absolute atomic E-state index is 11.7. The van der Waals surface area contributed by atoms with Crippen LogP contribution in [-0.4, -0.2) is 23.7 Å². The number of esters is 1. The lowest BCUT2D eigenvalue weighted by molar-refractivity contribution is 0.0525. The van der Waals surface area contributed by atoms with E-state index in [1.165, 1.54) is 18.2 Å². The predicted octanol–water partition coefficient (Wildman–Crippen LogP) is 2.96. The Bertz CT molecular complexity index is 443. The fourth-order valence-electron chi connectivity index (χ4n) is 1.30. The third-order valence-electron chi connectivity index (χ3n) is 2.14. The first-order chi connectivity index (χ1) is 7.97. The summed E-state index contributed by atoms with van der Waals surface area (Å²) in [5, 5.41) is -0.616. The highest BCUT2D eigenvalue weighted by molar-refractivity contribution is 7.80. The van der Waals surface area contributed by atoms with Gasteiger partial charge in [0.1, 0.15) is 0 Å². The van der Waals surface area contributed by atoms with Gasteiger partial charge in [-0.05, 0) is 32.0 Å². The van der Waals surface area contributed by atoms with Gasteiger partial charge in [0, 0.05) is 10.5 Å². The van der Waals surface area contributed by atoms with Crippen LogP contribution in [0.3, 0.4) is 0 Å². The van der Waals surface area contributed by atoms with Gasteiger partial charge in [-0.2, -0.15) is 0 Å². The van der Waals surface area contributed by atoms with Gasteiger partial charge >= 0.3 is 5.97 Å². The number of hydrogen-bond donors (Lipinski definition) is 1. The monoisotopic (exact) mass is 272 g/mol. The molecule has 1 rings (SSSR count). The van der Waals surface area contributed by atoms with Crippen LogP contribution in [-0.2, 0) is 4.74 Å². The van der Waals surface area contributed by atoms with E-state index in [0.29, 0.717) is 22.6 Å². The normalized spacial score (nSPS) is 12.0. The first-order valence-corrected chi connectivity index (χ1v) is 6.04. The van der Waals surface area contributed by atoms with Gasteiger partial charge in [-0.25, -0.2) is 4.79 Å². The molecule has 0 bridgehead atoms. The largest absolute Gasteiger partial charge is 0.462 e. The van der Waals surface area contributed by atoms with Gasteiger partial charge in [0.15, 0.2) is 5.78 Å². The number of benzene rings is 1. The molecule has 1 aromatic rings. The Morgan fingerprint density at radius 2 is 2.12 bits per heavy atom. The quantitative estimate of drug-likeness (QED) is 0.397. The number of hydrogen-bond acceptors (Lipinski definition) is 4. The standard InChI is InChI=1S/C12H13ClO3S/c1-3-16-12(15)8-4-5-9(10(17)6-8)11(14)7(2)13/h4-7,17H,3H2,1-2H3. The first-order valence-electron chi connectivity index (χ1n) is 5.15. The maximum atomic E-state index is 11.7. The molecule has 0 saturated carbocycles. The highest BCUT2D eigenvalue weighted by atomic mass is 35.5. The van der Waals surface area contributed by atoms with Gasteiger partial charge in [-0.15, -0.1) is 24.2 Å². The Labute approximate surface area is 111 Å². The number of rotatable bonds is 4. The van der Waals surface area contributed by atoms with Crippen molar-refractivity contribution in [2.75, 3.05) is 6.61 Å². The number of Topliss-reactive ketones (excluding diaryl/α,β-unsaturated/α-hetero) is 1. The lowest BCUT2D eigenvalue weighted by Crippen LogP contribution is -2.12. The van der Waals surface area contributed by atoms with Crippen LogP contribution in [0.4, 0.5) is 0 Å². The van der Waals surface area contributed by atoms with E-state index >= 15 is 0 Å². The average Bonchev–Trinajstić information content (AvgIpc) is 2.28. The summed E-state index contributed by atoms with van der Waals surface area (Å²) in [5.74, 6) is -0.646.